The van der Waals surface area contributed by atoms with E-state index in [9.17, 15) is 8.78 Å². The van der Waals surface area contributed by atoms with E-state index in [-0.39, 0.29) is 11.6 Å². The molecule has 0 aromatic heterocycles. The molecule has 0 aliphatic carbocycles. The zero-order valence-corrected chi connectivity index (χ0v) is 11.2. The maximum atomic E-state index is 14.1. The predicted octanol–water partition coefficient (Wildman–Crippen LogP) is 4.88. The largest absolute Gasteiger partial charge is 0.398 e. The molecule has 0 amide bonds. The van der Waals surface area contributed by atoms with Crippen LogP contribution in [0.1, 0.15) is 0 Å². The van der Waals surface area contributed by atoms with Gasteiger partial charge in [-0.15, -0.1) is 0 Å². The van der Waals surface area contributed by atoms with E-state index in [1.807, 2.05) is 0 Å². The molecule has 0 spiro atoms. The first-order chi connectivity index (χ1) is 10.2. The fraction of sp³-hybridized carbons (Fsp3) is 0. The molecule has 21 heavy (non-hydrogen) atoms. The number of hydrogen-bond donors (Lipinski definition) is 1. The van der Waals surface area contributed by atoms with Crippen LogP contribution in [0.5, 0.6) is 0 Å². The Balaban J connectivity index is 2.32. The molecule has 0 saturated heterocycles. The summed E-state index contributed by atoms with van der Waals surface area (Å²) in [5.74, 6) is -0.742. The van der Waals surface area contributed by atoms with Crippen molar-refractivity contribution in [3.05, 3.63) is 78.4 Å². The minimum atomic E-state index is -0.381. The van der Waals surface area contributed by atoms with Crippen molar-refractivity contribution < 1.29 is 8.78 Å². The maximum Gasteiger partial charge on any atom is 0.131 e. The van der Waals surface area contributed by atoms with Crippen LogP contribution in [0.15, 0.2) is 66.7 Å². The summed E-state index contributed by atoms with van der Waals surface area (Å²) in [6.07, 6.45) is 0. The number of anilines is 1. The SMILES string of the molecule is Nc1cccc(-c2ccccc2F)c1-c1ccccc1F. The molecule has 0 aliphatic heterocycles. The highest BCUT2D eigenvalue weighted by atomic mass is 19.1. The second-order valence-electron chi connectivity index (χ2n) is 4.73. The minimum absolute atomic E-state index is 0.360. The van der Waals surface area contributed by atoms with E-state index in [1.165, 1.54) is 12.1 Å². The van der Waals surface area contributed by atoms with E-state index in [4.69, 9.17) is 5.73 Å². The summed E-state index contributed by atoms with van der Waals surface area (Å²) < 4.78 is 28.2. The quantitative estimate of drug-likeness (QED) is 0.665. The van der Waals surface area contributed by atoms with Crippen molar-refractivity contribution >= 4 is 5.69 Å². The summed E-state index contributed by atoms with van der Waals surface area (Å²) in [7, 11) is 0. The zero-order valence-electron chi connectivity index (χ0n) is 11.2. The maximum absolute atomic E-state index is 14.1. The molecule has 0 aliphatic rings. The van der Waals surface area contributed by atoms with Gasteiger partial charge in [-0.25, -0.2) is 8.78 Å². The average molecular weight is 281 g/mol. The summed E-state index contributed by atoms with van der Waals surface area (Å²) >= 11 is 0. The van der Waals surface area contributed by atoms with E-state index in [0.29, 0.717) is 27.9 Å². The number of hydrogen-bond acceptors (Lipinski definition) is 1. The topological polar surface area (TPSA) is 26.0 Å². The van der Waals surface area contributed by atoms with Gasteiger partial charge in [-0.2, -0.15) is 0 Å². The lowest BCUT2D eigenvalue weighted by atomic mass is 9.92. The van der Waals surface area contributed by atoms with Crippen molar-refractivity contribution in [3.8, 4) is 22.3 Å². The summed E-state index contributed by atoms with van der Waals surface area (Å²) in [5, 5.41) is 0. The number of rotatable bonds is 2. The van der Waals surface area contributed by atoms with E-state index >= 15 is 0 Å². The van der Waals surface area contributed by atoms with Gasteiger partial charge in [0, 0.05) is 22.4 Å². The van der Waals surface area contributed by atoms with Crippen LogP contribution < -0.4 is 5.73 Å². The normalized spacial score (nSPS) is 10.6. The number of nitrogen functional groups attached to an aromatic ring is 1. The molecule has 3 aromatic rings. The van der Waals surface area contributed by atoms with Crippen LogP contribution in [0.2, 0.25) is 0 Å². The van der Waals surface area contributed by atoms with Crippen LogP contribution in [-0.4, -0.2) is 0 Å². The Labute approximate surface area is 121 Å². The lowest BCUT2D eigenvalue weighted by Gasteiger charge is -2.14. The first-order valence-corrected chi connectivity index (χ1v) is 6.57. The molecule has 3 aromatic carbocycles. The van der Waals surface area contributed by atoms with Crippen molar-refractivity contribution in [1.82, 2.24) is 0 Å². The van der Waals surface area contributed by atoms with Crippen molar-refractivity contribution in [2.24, 2.45) is 0 Å². The number of halogens is 2. The van der Waals surface area contributed by atoms with Gasteiger partial charge in [0.15, 0.2) is 0 Å². The first kappa shape index (κ1) is 13.3. The van der Waals surface area contributed by atoms with Gasteiger partial charge in [-0.3, -0.25) is 0 Å². The molecule has 1 nitrogen and oxygen atoms in total. The lowest BCUT2D eigenvalue weighted by molar-refractivity contribution is 0.629. The van der Waals surface area contributed by atoms with E-state index in [1.54, 1.807) is 54.6 Å². The van der Waals surface area contributed by atoms with Crippen LogP contribution in [0.3, 0.4) is 0 Å². The lowest BCUT2D eigenvalue weighted by Crippen LogP contribution is -1.96. The molecule has 104 valence electrons. The van der Waals surface area contributed by atoms with Gasteiger partial charge < -0.3 is 5.73 Å². The molecule has 0 fully saturated rings. The highest BCUT2D eigenvalue weighted by Crippen LogP contribution is 2.38. The Kier molecular flexibility index (Phi) is 3.40. The molecule has 0 atom stereocenters. The van der Waals surface area contributed by atoms with Crippen molar-refractivity contribution in [2.45, 2.75) is 0 Å². The average Bonchev–Trinajstić information content (AvgIpc) is 2.49. The minimum Gasteiger partial charge on any atom is -0.398 e. The molecule has 3 heteroatoms. The Morgan fingerprint density at radius 1 is 0.571 bits per heavy atom. The van der Waals surface area contributed by atoms with Crippen molar-refractivity contribution in [2.75, 3.05) is 5.73 Å². The third-order valence-electron chi connectivity index (χ3n) is 3.40. The van der Waals surface area contributed by atoms with Gasteiger partial charge >= 0.3 is 0 Å². The van der Waals surface area contributed by atoms with Crippen molar-refractivity contribution in [1.29, 1.82) is 0 Å². The van der Waals surface area contributed by atoms with E-state index in [0.717, 1.165) is 0 Å². The standard InChI is InChI=1S/C18H13F2N/c19-15-9-3-1-6-12(15)13-8-5-11-17(21)18(13)14-7-2-4-10-16(14)20/h1-11H,21H2. The van der Waals surface area contributed by atoms with E-state index in [2.05, 4.69) is 0 Å². The summed E-state index contributed by atoms with van der Waals surface area (Å²) in [6, 6.07) is 17.9. The Morgan fingerprint density at radius 2 is 1.10 bits per heavy atom. The third kappa shape index (κ3) is 2.38. The highest BCUT2D eigenvalue weighted by molar-refractivity contribution is 5.91. The fourth-order valence-corrected chi connectivity index (χ4v) is 2.44. The summed E-state index contributed by atoms with van der Waals surface area (Å²) in [6.45, 7) is 0. The van der Waals surface area contributed by atoms with Crippen molar-refractivity contribution in [3.63, 3.8) is 0 Å². The summed E-state index contributed by atoms with van der Waals surface area (Å²) in [5.41, 5.74) is 8.31. The number of benzene rings is 3. The molecule has 0 bridgehead atoms. The first-order valence-electron chi connectivity index (χ1n) is 6.57. The molecule has 0 heterocycles. The Morgan fingerprint density at radius 3 is 1.71 bits per heavy atom. The number of nitrogens with two attached hydrogens (primary N) is 1. The van der Waals surface area contributed by atoms with Crippen LogP contribution in [0.4, 0.5) is 14.5 Å². The van der Waals surface area contributed by atoms with Gasteiger partial charge in [0.25, 0.3) is 0 Å². The van der Waals surface area contributed by atoms with Gasteiger partial charge in [0.2, 0.25) is 0 Å². The summed E-state index contributed by atoms with van der Waals surface area (Å²) in [4.78, 5) is 0. The molecule has 2 N–H and O–H groups in total. The second-order valence-corrected chi connectivity index (χ2v) is 4.73. The van der Waals surface area contributed by atoms with Gasteiger partial charge in [-0.1, -0.05) is 48.5 Å². The Hall–Kier alpha value is -2.68. The van der Waals surface area contributed by atoms with Gasteiger partial charge in [0.1, 0.15) is 11.6 Å². The smallest absolute Gasteiger partial charge is 0.131 e. The van der Waals surface area contributed by atoms with Crippen LogP contribution in [0.25, 0.3) is 22.3 Å². The van der Waals surface area contributed by atoms with Crippen LogP contribution >= 0.6 is 0 Å². The molecule has 0 radical (unpaired) electrons. The third-order valence-corrected chi connectivity index (χ3v) is 3.40. The predicted molar refractivity (Wildman–Crippen MR) is 81.6 cm³/mol. The molecule has 3 rings (SSSR count). The van der Waals surface area contributed by atoms with Gasteiger partial charge in [-0.05, 0) is 23.8 Å². The fourth-order valence-electron chi connectivity index (χ4n) is 2.44. The second kappa shape index (κ2) is 5.37. The van der Waals surface area contributed by atoms with Gasteiger partial charge in [0.05, 0.1) is 0 Å². The van der Waals surface area contributed by atoms with E-state index < -0.39 is 0 Å². The Bertz CT molecular complexity index is 797. The molecule has 0 unspecified atom stereocenters. The zero-order chi connectivity index (χ0) is 14.8. The molecular formula is C18H13F2N. The molecule has 0 saturated carbocycles. The molecular weight excluding hydrogens is 268 g/mol. The van der Waals surface area contributed by atoms with Crippen LogP contribution in [-0.2, 0) is 0 Å². The monoisotopic (exact) mass is 281 g/mol. The highest BCUT2D eigenvalue weighted by Gasteiger charge is 2.15. The van der Waals surface area contributed by atoms with Crippen LogP contribution in [0, 0.1) is 11.6 Å².